The first kappa shape index (κ1) is 11.0. The number of hydrogen-bond donors (Lipinski definition) is 2. The zero-order valence-corrected chi connectivity index (χ0v) is 8.45. The van der Waals surface area contributed by atoms with Crippen molar-refractivity contribution in [1.29, 1.82) is 0 Å². The predicted octanol–water partition coefficient (Wildman–Crippen LogP) is 1.16. The first-order valence-corrected chi connectivity index (χ1v) is 5.15. The van der Waals surface area contributed by atoms with Crippen molar-refractivity contribution in [2.24, 2.45) is 5.92 Å². The molecule has 0 bridgehead atoms. The Morgan fingerprint density at radius 3 is 2.57 bits per heavy atom. The van der Waals surface area contributed by atoms with Crippen LogP contribution in [0.1, 0.15) is 39.0 Å². The first-order chi connectivity index (χ1) is 6.63. The number of amides is 1. The molecule has 14 heavy (non-hydrogen) atoms. The van der Waals surface area contributed by atoms with Crippen LogP contribution in [0.4, 0.5) is 0 Å². The summed E-state index contributed by atoms with van der Waals surface area (Å²) < 4.78 is 0. The lowest BCUT2D eigenvalue weighted by Crippen LogP contribution is -2.40. The molecule has 1 fully saturated rings. The molecule has 1 rings (SSSR count). The Kier molecular flexibility index (Phi) is 3.92. The molecule has 2 N–H and O–H groups in total. The van der Waals surface area contributed by atoms with Crippen LogP contribution >= 0.6 is 0 Å². The minimum atomic E-state index is -0.924. The van der Waals surface area contributed by atoms with Gasteiger partial charge in [-0.15, -0.1) is 0 Å². The summed E-state index contributed by atoms with van der Waals surface area (Å²) in [7, 11) is 0. The fraction of sp³-hybridized carbons (Fsp3) is 0.800. The van der Waals surface area contributed by atoms with E-state index in [2.05, 4.69) is 5.32 Å². The zero-order valence-electron chi connectivity index (χ0n) is 8.45. The van der Waals surface area contributed by atoms with Crippen molar-refractivity contribution in [1.82, 2.24) is 5.32 Å². The molecular weight excluding hydrogens is 182 g/mol. The van der Waals surface area contributed by atoms with E-state index < -0.39 is 12.0 Å². The summed E-state index contributed by atoms with van der Waals surface area (Å²) in [6.45, 7) is 1.72. The van der Waals surface area contributed by atoms with Crippen LogP contribution in [0.3, 0.4) is 0 Å². The highest BCUT2D eigenvalue weighted by Gasteiger charge is 2.25. The van der Waals surface area contributed by atoms with Gasteiger partial charge in [0.25, 0.3) is 0 Å². The Balaban J connectivity index is 2.29. The summed E-state index contributed by atoms with van der Waals surface area (Å²) in [5, 5.41) is 11.3. The third-order valence-electron chi connectivity index (χ3n) is 2.51. The van der Waals surface area contributed by atoms with E-state index in [1.807, 2.05) is 0 Å². The van der Waals surface area contributed by atoms with Crippen molar-refractivity contribution in [3.05, 3.63) is 0 Å². The lowest BCUT2D eigenvalue weighted by molar-refractivity contribution is -0.142. The number of rotatable bonds is 6. The van der Waals surface area contributed by atoms with Gasteiger partial charge in [-0.3, -0.25) is 4.79 Å². The van der Waals surface area contributed by atoms with Crippen LogP contribution < -0.4 is 5.32 Å². The van der Waals surface area contributed by atoms with E-state index in [0.717, 1.165) is 6.42 Å². The molecule has 0 heterocycles. The van der Waals surface area contributed by atoms with E-state index in [1.165, 1.54) is 12.8 Å². The summed E-state index contributed by atoms with van der Waals surface area (Å²) >= 11 is 0. The predicted molar refractivity (Wildman–Crippen MR) is 51.8 cm³/mol. The topological polar surface area (TPSA) is 66.4 Å². The molecule has 80 valence electrons. The molecule has 1 unspecified atom stereocenters. The van der Waals surface area contributed by atoms with E-state index >= 15 is 0 Å². The van der Waals surface area contributed by atoms with Crippen molar-refractivity contribution < 1.29 is 14.7 Å². The molecule has 0 aliphatic heterocycles. The molecule has 4 heteroatoms. The van der Waals surface area contributed by atoms with Crippen LogP contribution in [0.5, 0.6) is 0 Å². The van der Waals surface area contributed by atoms with Gasteiger partial charge in [0.05, 0.1) is 0 Å². The monoisotopic (exact) mass is 199 g/mol. The maximum atomic E-state index is 11.0. The van der Waals surface area contributed by atoms with Gasteiger partial charge in [0.15, 0.2) is 0 Å². The average molecular weight is 199 g/mol. The Hall–Kier alpha value is -1.06. The molecule has 0 aromatic rings. The van der Waals surface area contributed by atoms with Gasteiger partial charge < -0.3 is 10.4 Å². The minimum absolute atomic E-state index is 0.187. The second-order valence-corrected chi connectivity index (χ2v) is 3.83. The Labute approximate surface area is 83.7 Å². The van der Waals surface area contributed by atoms with Gasteiger partial charge in [-0.1, -0.05) is 19.8 Å². The van der Waals surface area contributed by atoms with Gasteiger partial charge in [-0.25, -0.2) is 4.79 Å². The smallest absolute Gasteiger partial charge is 0.326 e. The number of nitrogens with one attached hydrogen (secondary N) is 1. The molecule has 0 spiro atoms. The van der Waals surface area contributed by atoms with Crippen LogP contribution in [0, 0.1) is 5.92 Å². The second-order valence-electron chi connectivity index (χ2n) is 3.83. The first-order valence-electron chi connectivity index (χ1n) is 5.15. The van der Waals surface area contributed by atoms with E-state index in [0.29, 0.717) is 18.8 Å². The van der Waals surface area contributed by atoms with Crippen molar-refractivity contribution in [3.63, 3.8) is 0 Å². The van der Waals surface area contributed by atoms with Crippen LogP contribution in [-0.2, 0) is 9.59 Å². The maximum absolute atomic E-state index is 11.0. The molecule has 0 aromatic heterocycles. The lowest BCUT2D eigenvalue weighted by Gasteiger charge is -2.13. The van der Waals surface area contributed by atoms with Gasteiger partial charge >= 0.3 is 5.97 Å². The standard InChI is InChI=1S/C10H17NO3/c1-2-9(12)11-8(10(13)14)6-5-7-3-4-7/h7-8H,2-6H2,1H3,(H,11,12)(H,13,14). The Morgan fingerprint density at radius 2 is 2.14 bits per heavy atom. The third-order valence-corrected chi connectivity index (χ3v) is 2.51. The molecule has 0 saturated heterocycles. The van der Waals surface area contributed by atoms with E-state index in [9.17, 15) is 9.59 Å². The number of carbonyl (C=O) groups excluding carboxylic acids is 1. The summed E-state index contributed by atoms with van der Waals surface area (Å²) in [5.41, 5.74) is 0. The van der Waals surface area contributed by atoms with Gasteiger partial charge in [-0.05, 0) is 18.8 Å². The number of carboxylic acids is 1. The number of aliphatic carboxylic acids is 1. The van der Waals surface area contributed by atoms with Crippen LogP contribution in [-0.4, -0.2) is 23.0 Å². The van der Waals surface area contributed by atoms with Crippen molar-refractivity contribution in [2.75, 3.05) is 0 Å². The van der Waals surface area contributed by atoms with Crippen molar-refractivity contribution in [2.45, 2.75) is 45.1 Å². The van der Waals surface area contributed by atoms with Crippen LogP contribution in [0.25, 0.3) is 0 Å². The number of carbonyl (C=O) groups is 2. The van der Waals surface area contributed by atoms with E-state index in [-0.39, 0.29) is 5.91 Å². The normalized spacial score (nSPS) is 17.5. The van der Waals surface area contributed by atoms with Crippen molar-refractivity contribution >= 4 is 11.9 Å². The minimum Gasteiger partial charge on any atom is -0.480 e. The van der Waals surface area contributed by atoms with Gasteiger partial charge in [0, 0.05) is 6.42 Å². The Morgan fingerprint density at radius 1 is 1.50 bits per heavy atom. The summed E-state index contributed by atoms with van der Waals surface area (Å²) in [6.07, 6.45) is 4.25. The summed E-state index contributed by atoms with van der Waals surface area (Å²) in [6, 6.07) is -0.692. The van der Waals surface area contributed by atoms with Crippen molar-refractivity contribution in [3.8, 4) is 0 Å². The molecule has 1 amide bonds. The molecule has 1 saturated carbocycles. The molecule has 4 nitrogen and oxygen atoms in total. The average Bonchev–Trinajstić information content (AvgIpc) is 2.94. The zero-order chi connectivity index (χ0) is 10.6. The third kappa shape index (κ3) is 3.77. The molecule has 1 aliphatic carbocycles. The second kappa shape index (κ2) is 4.98. The highest BCUT2D eigenvalue weighted by Crippen LogP contribution is 2.33. The van der Waals surface area contributed by atoms with Gasteiger partial charge in [0.2, 0.25) is 5.91 Å². The number of carboxylic acid groups (broad SMARTS) is 1. The molecule has 0 radical (unpaired) electrons. The van der Waals surface area contributed by atoms with Crippen LogP contribution in [0.15, 0.2) is 0 Å². The molecular formula is C10H17NO3. The maximum Gasteiger partial charge on any atom is 0.326 e. The summed E-state index contributed by atoms with van der Waals surface area (Å²) in [4.78, 5) is 21.8. The lowest BCUT2D eigenvalue weighted by atomic mass is 10.1. The fourth-order valence-electron chi connectivity index (χ4n) is 1.36. The highest BCUT2D eigenvalue weighted by molar-refractivity contribution is 5.83. The quantitative estimate of drug-likeness (QED) is 0.674. The van der Waals surface area contributed by atoms with Gasteiger partial charge in [0.1, 0.15) is 6.04 Å². The molecule has 0 aromatic carbocycles. The SMILES string of the molecule is CCC(=O)NC(CCC1CC1)C(=O)O. The largest absolute Gasteiger partial charge is 0.480 e. The van der Waals surface area contributed by atoms with E-state index in [4.69, 9.17) is 5.11 Å². The molecule has 1 atom stereocenters. The summed E-state index contributed by atoms with van der Waals surface area (Å²) in [5.74, 6) is -0.406. The van der Waals surface area contributed by atoms with E-state index in [1.54, 1.807) is 6.92 Å². The molecule has 1 aliphatic rings. The fourth-order valence-corrected chi connectivity index (χ4v) is 1.36. The highest BCUT2D eigenvalue weighted by atomic mass is 16.4. The Bertz CT molecular complexity index is 223. The number of hydrogen-bond acceptors (Lipinski definition) is 2. The van der Waals surface area contributed by atoms with Crippen LogP contribution in [0.2, 0.25) is 0 Å². The van der Waals surface area contributed by atoms with Gasteiger partial charge in [-0.2, -0.15) is 0 Å².